The summed E-state index contributed by atoms with van der Waals surface area (Å²) in [6, 6.07) is 2.92. The average molecular weight is 251 g/mol. The maximum Gasteiger partial charge on any atom is 0.256 e. The summed E-state index contributed by atoms with van der Waals surface area (Å²) in [6.45, 7) is 2.21. The van der Waals surface area contributed by atoms with Crippen molar-refractivity contribution in [3.63, 3.8) is 0 Å². The number of aryl methyl sites for hydroxylation is 1. The fourth-order valence-electron chi connectivity index (χ4n) is 1.31. The number of nitrogens with zero attached hydrogens (tertiary/aromatic N) is 2. The van der Waals surface area contributed by atoms with Crippen molar-refractivity contribution >= 4 is 17.2 Å². The molecule has 0 saturated heterocycles. The molecule has 0 spiro atoms. The third kappa shape index (κ3) is 2.65. The summed E-state index contributed by atoms with van der Waals surface area (Å²) in [5.74, 6) is -1.23. The molecule has 88 valence electrons. The summed E-state index contributed by atoms with van der Waals surface area (Å²) in [6.07, 6.45) is 1.31. The van der Waals surface area contributed by atoms with Crippen LogP contribution in [-0.4, -0.2) is 15.9 Å². The van der Waals surface area contributed by atoms with E-state index in [1.165, 1.54) is 29.7 Å². The number of pyridine rings is 1. The molecule has 17 heavy (non-hydrogen) atoms. The van der Waals surface area contributed by atoms with Gasteiger partial charge in [0.15, 0.2) is 0 Å². The Morgan fingerprint density at radius 2 is 2.35 bits per heavy atom. The van der Waals surface area contributed by atoms with Crippen molar-refractivity contribution in [3.8, 4) is 0 Å². The number of hydrogen-bond donors (Lipinski definition) is 1. The van der Waals surface area contributed by atoms with Crippen LogP contribution in [-0.2, 0) is 6.54 Å². The minimum Gasteiger partial charge on any atom is -0.347 e. The minimum absolute atomic E-state index is 0.0466. The summed E-state index contributed by atoms with van der Waals surface area (Å²) < 4.78 is 13.2. The van der Waals surface area contributed by atoms with Gasteiger partial charge in [-0.2, -0.15) is 4.39 Å². The first-order chi connectivity index (χ1) is 8.18. The number of rotatable bonds is 3. The van der Waals surface area contributed by atoms with Crippen LogP contribution in [0, 0.1) is 12.9 Å². The zero-order valence-corrected chi connectivity index (χ0v) is 9.92. The molecule has 2 aromatic heterocycles. The van der Waals surface area contributed by atoms with Gasteiger partial charge in [0, 0.05) is 11.1 Å². The van der Waals surface area contributed by atoms with Crippen LogP contribution in [0.25, 0.3) is 0 Å². The molecule has 2 heterocycles. The lowest BCUT2D eigenvalue weighted by molar-refractivity contribution is 0.0946. The van der Waals surface area contributed by atoms with Gasteiger partial charge in [0.2, 0.25) is 5.95 Å². The summed E-state index contributed by atoms with van der Waals surface area (Å²) in [5.41, 5.74) is 2.54. The number of nitrogens with one attached hydrogen (secondary N) is 1. The van der Waals surface area contributed by atoms with E-state index in [0.29, 0.717) is 6.54 Å². The van der Waals surface area contributed by atoms with Crippen LogP contribution in [0.2, 0.25) is 0 Å². The van der Waals surface area contributed by atoms with Crippen molar-refractivity contribution in [2.75, 3.05) is 0 Å². The van der Waals surface area contributed by atoms with Gasteiger partial charge < -0.3 is 5.32 Å². The molecule has 0 aromatic carbocycles. The zero-order chi connectivity index (χ0) is 12.3. The second kappa shape index (κ2) is 5.01. The molecular weight excluding hydrogens is 241 g/mol. The quantitative estimate of drug-likeness (QED) is 0.848. The van der Waals surface area contributed by atoms with Crippen LogP contribution in [0.4, 0.5) is 4.39 Å². The van der Waals surface area contributed by atoms with Gasteiger partial charge in [-0.05, 0) is 19.1 Å². The van der Waals surface area contributed by atoms with E-state index in [2.05, 4.69) is 15.3 Å². The Morgan fingerprint density at radius 1 is 1.53 bits per heavy atom. The molecule has 0 bridgehead atoms. The standard InChI is InChI=1S/C11H10FN3OS/c1-7-9(17-6-15-7)5-14-11(16)8-3-2-4-13-10(8)12/h2-4,6H,5H2,1H3,(H,14,16). The number of aromatic nitrogens is 2. The highest BCUT2D eigenvalue weighted by molar-refractivity contribution is 7.09. The molecule has 0 aliphatic carbocycles. The molecule has 0 fully saturated rings. The van der Waals surface area contributed by atoms with E-state index in [-0.39, 0.29) is 5.56 Å². The van der Waals surface area contributed by atoms with Crippen LogP contribution in [0.1, 0.15) is 20.9 Å². The number of thiazole rings is 1. The molecule has 0 saturated carbocycles. The zero-order valence-electron chi connectivity index (χ0n) is 9.11. The lowest BCUT2D eigenvalue weighted by atomic mass is 10.2. The van der Waals surface area contributed by atoms with Gasteiger partial charge in [-0.1, -0.05) is 0 Å². The Balaban J connectivity index is 2.04. The van der Waals surface area contributed by atoms with Crippen LogP contribution in [0.3, 0.4) is 0 Å². The molecule has 0 unspecified atom stereocenters. The second-order valence-corrected chi connectivity index (χ2v) is 4.32. The summed E-state index contributed by atoms with van der Waals surface area (Å²) in [4.78, 5) is 20.1. The minimum atomic E-state index is -0.758. The molecule has 0 aliphatic heterocycles. The van der Waals surface area contributed by atoms with Crippen molar-refractivity contribution in [2.45, 2.75) is 13.5 Å². The highest BCUT2D eigenvalue weighted by atomic mass is 32.1. The van der Waals surface area contributed by atoms with Crippen molar-refractivity contribution < 1.29 is 9.18 Å². The molecule has 1 N–H and O–H groups in total. The Labute approximate surface area is 102 Å². The Hall–Kier alpha value is -1.82. The Morgan fingerprint density at radius 3 is 3.00 bits per heavy atom. The van der Waals surface area contributed by atoms with Gasteiger partial charge in [-0.15, -0.1) is 11.3 Å². The van der Waals surface area contributed by atoms with Gasteiger partial charge in [-0.25, -0.2) is 9.97 Å². The second-order valence-electron chi connectivity index (χ2n) is 3.39. The predicted octanol–water partition coefficient (Wildman–Crippen LogP) is 1.92. The number of halogens is 1. The van der Waals surface area contributed by atoms with Gasteiger partial charge >= 0.3 is 0 Å². The van der Waals surface area contributed by atoms with Crippen LogP contribution in [0.15, 0.2) is 23.8 Å². The number of hydrogen-bond acceptors (Lipinski definition) is 4. The normalized spacial score (nSPS) is 10.2. The van der Waals surface area contributed by atoms with E-state index < -0.39 is 11.9 Å². The van der Waals surface area contributed by atoms with Crippen molar-refractivity contribution in [3.05, 3.63) is 45.9 Å². The first-order valence-corrected chi connectivity index (χ1v) is 5.84. The van der Waals surface area contributed by atoms with Crippen LogP contribution in [0.5, 0.6) is 0 Å². The molecule has 4 nitrogen and oxygen atoms in total. The molecule has 2 rings (SSSR count). The summed E-state index contributed by atoms with van der Waals surface area (Å²) in [7, 11) is 0. The van der Waals surface area contributed by atoms with E-state index in [9.17, 15) is 9.18 Å². The van der Waals surface area contributed by atoms with Gasteiger partial charge in [0.25, 0.3) is 5.91 Å². The van der Waals surface area contributed by atoms with E-state index in [1.54, 1.807) is 5.51 Å². The molecule has 2 aromatic rings. The van der Waals surface area contributed by atoms with E-state index in [4.69, 9.17) is 0 Å². The Kier molecular flexibility index (Phi) is 3.43. The van der Waals surface area contributed by atoms with E-state index >= 15 is 0 Å². The lowest BCUT2D eigenvalue weighted by Gasteiger charge is -2.04. The van der Waals surface area contributed by atoms with E-state index in [0.717, 1.165) is 10.6 Å². The number of amides is 1. The van der Waals surface area contributed by atoms with Crippen molar-refractivity contribution in [1.29, 1.82) is 0 Å². The molecule has 0 radical (unpaired) electrons. The van der Waals surface area contributed by atoms with Crippen molar-refractivity contribution in [2.24, 2.45) is 0 Å². The monoisotopic (exact) mass is 251 g/mol. The SMILES string of the molecule is Cc1ncsc1CNC(=O)c1cccnc1F. The highest BCUT2D eigenvalue weighted by Crippen LogP contribution is 2.12. The van der Waals surface area contributed by atoms with Crippen molar-refractivity contribution in [1.82, 2.24) is 15.3 Å². The van der Waals surface area contributed by atoms with Gasteiger partial charge in [0.05, 0.1) is 23.3 Å². The third-order valence-corrected chi connectivity index (χ3v) is 3.19. The molecule has 0 aliphatic rings. The first kappa shape index (κ1) is 11.7. The topological polar surface area (TPSA) is 54.9 Å². The number of carbonyl (C=O) groups is 1. The maximum atomic E-state index is 13.2. The molecular formula is C11H10FN3OS. The maximum absolute atomic E-state index is 13.2. The van der Waals surface area contributed by atoms with Gasteiger partial charge in [-0.3, -0.25) is 4.79 Å². The fraction of sp³-hybridized carbons (Fsp3) is 0.182. The van der Waals surface area contributed by atoms with Gasteiger partial charge in [0.1, 0.15) is 0 Å². The molecule has 6 heteroatoms. The Bertz CT molecular complexity index is 541. The first-order valence-electron chi connectivity index (χ1n) is 4.96. The fourth-order valence-corrected chi connectivity index (χ4v) is 2.02. The number of carbonyl (C=O) groups excluding carboxylic acids is 1. The lowest BCUT2D eigenvalue weighted by Crippen LogP contribution is -2.24. The highest BCUT2D eigenvalue weighted by Gasteiger charge is 2.12. The average Bonchev–Trinajstić information content (AvgIpc) is 2.72. The summed E-state index contributed by atoms with van der Waals surface area (Å²) in [5, 5.41) is 2.63. The molecule has 1 amide bonds. The van der Waals surface area contributed by atoms with Crippen LogP contribution < -0.4 is 5.32 Å². The summed E-state index contributed by atoms with van der Waals surface area (Å²) >= 11 is 1.46. The predicted molar refractivity (Wildman–Crippen MR) is 62.2 cm³/mol. The molecule has 0 atom stereocenters. The smallest absolute Gasteiger partial charge is 0.256 e. The third-order valence-electron chi connectivity index (χ3n) is 2.26. The van der Waals surface area contributed by atoms with Crippen LogP contribution >= 0.6 is 11.3 Å². The largest absolute Gasteiger partial charge is 0.347 e. The van der Waals surface area contributed by atoms with E-state index in [1.807, 2.05) is 6.92 Å².